The maximum atomic E-state index is 12.8. The van der Waals surface area contributed by atoms with Gasteiger partial charge in [-0.05, 0) is 50.2 Å². The first-order valence-corrected chi connectivity index (χ1v) is 11.4. The normalized spacial score (nSPS) is 20.1. The molecule has 3 aliphatic rings. The molecule has 5 rings (SSSR count). The van der Waals surface area contributed by atoms with Gasteiger partial charge in [0.25, 0.3) is 0 Å². The second kappa shape index (κ2) is 7.95. The first-order valence-electron chi connectivity index (χ1n) is 10.5. The van der Waals surface area contributed by atoms with Crippen molar-refractivity contribution < 1.29 is 9.53 Å². The number of benzene rings is 1. The van der Waals surface area contributed by atoms with Crippen LogP contribution in [0.15, 0.2) is 34.1 Å². The van der Waals surface area contributed by atoms with Crippen LogP contribution in [0.5, 0.6) is 0 Å². The number of fused-ring (bicyclic) bond motifs is 2. The van der Waals surface area contributed by atoms with Crippen molar-refractivity contribution in [1.29, 1.82) is 0 Å². The zero-order chi connectivity index (χ0) is 19.8. The van der Waals surface area contributed by atoms with Crippen LogP contribution >= 0.6 is 11.8 Å². The Morgan fingerprint density at radius 2 is 2.10 bits per heavy atom. The molecule has 7 heteroatoms. The monoisotopic (exact) mass is 411 g/mol. The van der Waals surface area contributed by atoms with E-state index in [0.29, 0.717) is 12.3 Å². The lowest BCUT2D eigenvalue weighted by Crippen LogP contribution is -2.32. The maximum Gasteiger partial charge on any atom is 0.348 e. The minimum Gasteiger partial charge on any atom is -0.376 e. The number of hydrogen-bond acceptors (Lipinski definition) is 5. The first-order chi connectivity index (χ1) is 14.2. The van der Waals surface area contributed by atoms with Gasteiger partial charge in [0.15, 0.2) is 0 Å². The van der Waals surface area contributed by atoms with Crippen LogP contribution in [0.2, 0.25) is 0 Å². The number of hydrogen-bond donors (Lipinski definition) is 0. The van der Waals surface area contributed by atoms with Crippen LogP contribution in [-0.2, 0) is 35.3 Å². The Kier molecular flexibility index (Phi) is 5.18. The van der Waals surface area contributed by atoms with E-state index in [4.69, 9.17) is 4.74 Å². The smallest absolute Gasteiger partial charge is 0.348 e. The van der Waals surface area contributed by atoms with Gasteiger partial charge < -0.3 is 9.64 Å². The molecule has 2 aliphatic heterocycles. The minimum absolute atomic E-state index is 0.0806. The van der Waals surface area contributed by atoms with E-state index in [-0.39, 0.29) is 17.7 Å². The Balaban J connectivity index is 1.33. The molecule has 1 aromatic heterocycles. The van der Waals surface area contributed by atoms with Gasteiger partial charge in [-0.1, -0.05) is 30.0 Å². The second-order valence-corrected chi connectivity index (χ2v) is 8.90. The van der Waals surface area contributed by atoms with Gasteiger partial charge in [0.1, 0.15) is 5.03 Å². The van der Waals surface area contributed by atoms with Gasteiger partial charge in [0, 0.05) is 30.1 Å². The molecular formula is C22H25N3O3S. The van der Waals surface area contributed by atoms with E-state index in [2.05, 4.69) is 11.1 Å². The fourth-order valence-corrected chi connectivity index (χ4v) is 5.64. The fourth-order valence-electron chi connectivity index (χ4n) is 4.69. The Morgan fingerprint density at radius 1 is 1.21 bits per heavy atom. The van der Waals surface area contributed by atoms with Gasteiger partial charge in [-0.15, -0.1) is 0 Å². The minimum atomic E-state index is -0.206. The molecule has 1 amide bonds. The highest BCUT2D eigenvalue weighted by molar-refractivity contribution is 8.00. The molecule has 29 heavy (non-hydrogen) atoms. The summed E-state index contributed by atoms with van der Waals surface area (Å²) in [5.41, 5.74) is 4.29. The molecule has 1 unspecified atom stereocenters. The number of rotatable bonds is 5. The summed E-state index contributed by atoms with van der Waals surface area (Å²) < 4.78 is 7.54. The molecule has 1 saturated heterocycles. The van der Waals surface area contributed by atoms with Crippen LogP contribution in [0, 0.1) is 0 Å². The van der Waals surface area contributed by atoms with E-state index in [0.717, 1.165) is 73.6 Å². The van der Waals surface area contributed by atoms with Crippen molar-refractivity contribution in [1.82, 2.24) is 9.55 Å². The Labute approximate surface area is 174 Å². The third kappa shape index (κ3) is 3.62. The van der Waals surface area contributed by atoms with Crippen molar-refractivity contribution in [3.05, 3.63) is 51.6 Å². The van der Waals surface area contributed by atoms with Crippen LogP contribution in [0.25, 0.3) is 0 Å². The van der Waals surface area contributed by atoms with Crippen LogP contribution in [0.4, 0.5) is 5.69 Å². The highest BCUT2D eigenvalue weighted by Gasteiger charge is 2.27. The van der Waals surface area contributed by atoms with E-state index >= 15 is 0 Å². The van der Waals surface area contributed by atoms with E-state index in [9.17, 15) is 9.59 Å². The van der Waals surface area contributed by atoms with Crippen LogP contribution in [0.1, 0.15) is 36.1 Å². The lowest BCUT2D eigenvalue weighted by atomic mass is 10.2. The molecule has 152 valence electrons. The molecule has 0 spiro atoms. The Hall–Kier alpha value is -2.12. The van der Waals surface area contributed by atoms with E-state index in [1.54, 1.807) is 0 Å². The summed E-state index contributed by atoms with van der Waals surface area (Å²) in [6.07, 6.45) is 5.95. The molecule has 1 aliphatic carbocycles. The van der Waals surface area contributed by atoms with Gasteiger partial charge in [-0.3, -0.25) is 9.36 Å². The standard InChI is InChI=1S/C22H25N3O3S/c26-20(24-11-10-15-5-1-2-8-18(15)24)14-29-21-17-7-3-9-19(17)25(22(27)23-21)13-16-6-4-12-28-16/h1-2,5,8,16H,3-4,6-7,9-14H2. The zero-order valence-corrected chi connectivity index (χ0v) is 17.2. The van der Waals surface area contributed by atoms with Crippen molar-refractivity contribution in [3.63, 3.8) is 0 Å². The maximum absolute atomic E-state index is 12.8. The summed E-state index contributed by atoms with van der Waals surface area (Å²) in [4.78, 5) is 31.8. The number of thioether (sulfide) groups is 1. The SMILES string of the molecule is O=C(CSc1nc(=O)n(CC2CCCO2)c2c1CCC2)N1CCc2ccccc21. The van der Waals surface area contributed by atoms with Gasteiger partial charge in [-0.25, -0.2) is 4.79 Å². The summed E-state index contributed by atoms with van der Waals surface area (Å²) in [6.45, 7) is 2.11. The third-order valence-electron chi connectivity index (χ3n) is 6.13. The van der Waals surface area contributed by atoms with Crippen molar-refractivity contribution >= 4 is 23.4 Å². The van der Waals surface area contributed by atoms with Crippen molar-refractivity contribution in [3.8, 4) is 0 Å². The lowest BCUT2D eigenvalue weighted by molar-refractivity contribution is -0.116. The summed E-state index contributed by atoms with van der Waals surface area (Å²) in [5, 5.41) is 0.743. The van der Waals surface area contributed by atoms with Gasteiger partial charge in [0.2, 0.25) is 5.91 Å². The molecule has 6 nitrogen and oxygen atoms in total. The van der Waals surface area contributed by atoms with E-state index in [1.165, 1.54) is 17.3 Å². The molecule has 0 bridgehead atoms. The first kappa shape index (κ1) is 18.9. The Bertz CT molecular complexity index is 997. The number of carbonyl (C=O) groups is 1. The van der Waals surface area contributed by atoms with Crippen molar-refractivity contribution in [2.75, 3.05) is 23.8 Å². The van der Waals surface area contributed by atoms with E-state index in [1.807, 2.05) is 27.7 Å². The van der Waals surface area contributed by atoms with E-state index < -0.39 is 0 Å². The third-order valence-corrected chi connectivity index (χ3v) is 7.13. The fraction of sp³-hybridized carbons (Fsp3) is 0.500. The van der Waals surface area contributed by atoms with Gasteiger partial charge in [-0.2, -0.15) is 4.98 Å². The number of ether oxygens (including phenoxy) is 1. The second-order valence-electron chi connectivity index (χ2n) is 7.94. The summed E-state index contributed by atoms with van der Waals surface area (Å²) in [5.74, 6) is 0.389. The number of amides is 1. The highest BCUT2D eigenvalue weighted by atomic mass is 32.2. The highest BCUT2D eigenvalue weighted by Crippen LogP contribution is 2.32. The number of nitrogens with zero attached hydrogens (tertiary/aromatic N) is 3. The summed E-state index contributed by atoms with van der Waals surface area (Å²) in [6, 6.07) is 8.07. The number of aromatic nitrogens is 2. The Morgan fingerprint density at radius 3 is 2.97 bits per heavy atom. The van der Waals surface area contributed by atoms with Crippen LogP contribution in [-0.4, -0.2) is 40.5 Å². The molecule has 0 N–H and O–H groups in total. The van der Waals surface area contributed by atoms with Crippen molar-refractivity contribution in [2.24, 2.45) is 0 Å². The molecule has 3 heterocycles. The average Bonchev–Trinajstić information content (AvgIpc) is 3.48. The number of anilines is 1. The summed E-state index contributed by atoms with van der Waals surface area (Å²) in [7, 11) is 0. The van der Waals surface area contributed by atoms with Gasteiger partial charge >= 0.3 is 5.69 Å². The molecule has 0 saturated carbocycles. The summed E-state index contributed by atoms with van der Waals surface area (Å²) >= 11 is 1.41. The van der Waals surface area contributed by atoms with Crippen molar-refractivity contribution in [2.45, 2.75) is 56.2 Å². The molecule has 1 atom stereocenters. The van der Waals surface area contributed by atoms with Gasteiger partial charge in [0.05, 0.1) is 18.4 Å². The predicted octanol–water partition coefficient (Wildman–Crippen LogP) is 2.59. The van der Waals surface area contributed by atoms with Crippen LogP contribution in [0.3, 0.4) is 0 Å². The molecule has 2 aromatic rings. The largest absolute Gasteiger partial charge is 0.376 e. The topological polar surface area (TPSA) is 64.4 Å². The molecule has 1 aromatic carbocycles. The average molecular weight is 412 g/mol. The van der Waals surface area contributed by atoms with Crippen LogP contribution < -0.4 is 10.6 Å². The molecular weight excluding hydrogens is 386 g/mol. The predicted molar refractivity (Wildman–Crippen MR) is 113 cm³/mol. The molecule has 1 fully saturated rings. The molecule has 0 radical (unpaired) electrons. The number of para-hydroxylation sites is 1. The zero-order valence-electron chi connectivity index (χ0n) is 16.4. The number of carbonyl (C=O) groups excluding carboxylic acids is 1. The lowest BCUT2D eigenvalue weighted by Gasteiger charge is -2.19. The quantitative estimate of drug-likeness (QED) is 0.559.